The zero-order valence-electron chi connectivity index (χ0n) is 11.6. The van der Waals surface area contributed by atoms with E-state index in [0.29, 0.717) is 0 Å². The minimum Gasteiger partial charge on any atom is -0.381 e. The second-order valence-corrected chi connectivity index (χ2v) is 2.43. The van der Waals surface area contributed by atoms with Crippen molar-refractivity contribution in [1.29, 1.82) is 0 Å². The lowest BCUT2D eigenvalue weighted by Crippen LogP contribution is -1.96. The number of hydrogen-bond acceptors (Lipinski definition) is 3. The Kier molecular flexibility index (Phi) is 30.0. The summed E-state index contributed by atoms with van der Waals surface area (Å²) in [4.78, 5) is 8.00. The maximum atomic E-state index is 8.00. The Morgan fingerprint density at radius 2 is 1.59 bits per heavy atom. The van der Waals surface area contributed by atoms with E-state index in [-0.39, 0.29) is 0 Å². The van der Waals surface area contributed by atoms with Gasteiger partial charge in [0.05, 0.1) is 6.61 Å². The van der Waals surface area contributed by atoms with Gasteiger partial charge in [0, 0.05) is 6.61 Å². The third kappa shape index (κ3) is 17.4. The van der Waals surface area contributed by atoms with Crippen LogP contribution in [0.2, 0.25) is 0 Å². The number of ether oxygens (including phenoxy) is 1. The van der Waals surface area contributed by atoms with E-state index in [1.807, 2.05) is 33.6 Å². The van der Waals surface area contributed by atoms with Gasteiger partial charge >= 0.3 is 0 Å². The molecule has 0 aliphatic heterocycles. The molecule has 100 valence electrons. The first-order valence-corrected chi connectivity index (χ1v) is 5.91. The summed E-state index contributed by atoms with van der Waals surface area (Å²) in [6.07, 6.45) is 1.02. The van der Waals surface area contributed by atoms with Gasteiger partial charge in [-0.2, -0.15) is 0 Å². The topological polar surface area (TPSA) is 52.3 Å². The molecule has 0 aliphatic rings. The largest absolute Gasteiger partial charge is 0.381 e. The van der Waals surface area contributed by atoms with Crippen LogP contribution in [-0.4, -0.2) is 27.1 Å². The number of hydrogen-bond donors (Lipinski definition) is 1. The molecule has 1 rings (SSSR count). The van der Waals surface area contributed by atoms with Crippen molar-refractivity contribution in [1.82, 2.24) is 0 Å². The fourth-order valence-electron chi connectivity index (χ4n) is 0.979. The van der Waals surface area contributed by atoms with Crippen molar-refractivity contribution in [2.24, 2.45) is 5.73 Å². The second-order valence-electron chi connectivity index (χ2n) is 2.43. The average Bonchev–Trinajstić information content (AvgIpc) is 2.47. The summed E-state index contributed by atoms with van der Waals surface area (Å²) in [6.45, 7) is 9.67. The van der Waals surface area contributed by atoms with Crippen LogP contribution in [0, 0.1) is 0 Å². The van der Waals surface area contributed by atoms with Gasteiger partial charge in [0.2, 0.25) is 0 Å². The molecule has 0 atom stereocenters. The first kappa shape index (κ1) is 21.1. The minimum atomic E-state index is 0.812. The number of carbonyl (C=O) groups excluding carboxylic acids is 1. The molecule has 0 fully saturated rings. The van der Waals surface area contributed by atoms with Crippen LogP contribution < -0.4 is 5.73 Å². The van der Waals surface area contributed by atoms with Gasteiger partial charge in [0.1, 0.15) is 6.79 Å². The summed E-state index contributed by atoms with van der Waals surface area (Å²) in [5, 5.41) is 0. The molecule has 0 saturated carbocycles. The quantitative estimate of drug-likeness (QED) is 0.825. The smallest absolute Gasteiger partial charge is 0.106 e. The highest BCUT2D eigenvalue weighted by Gasteiger charge is 1.89. The predicted octanol–water partition coefficient (Wildman–Crippen LogP) is 2.68. The predicted molar refractivity (Wildman–Crippen MR) is 75.2 cm³/mol. The summed E-state index contributed by atoms with van der Waals surface area (Å²) in [6, 6.07) is 10.4. The molecule has 1 aromatic carbocycles. The van der Waals surface area contributed by atoms with E-state index in [1.54, 1.807) is 0 Å². The van der Waals surface area contributed by atoms with Crippen LogP contribution in [0.3, 0.4) is 0 Å². The molecule has 0 saturated heterocycles. The van der Waals surface area contributed by atoms with Crippen molar-refractivity contribution in [3.05, 3.63) is 35.9 Å². The average molecular weight is 241 g/mol. The molecule has 3 heteroatoms. The maximum absolute atomic E-state index is 8.00. The van der Waals surface area contributed by atoms with Gasteiger partial charge in [0.15, 0.2) is 0 Å². The van der Waals surface area contributed by atoms with Crippen molar-refractivity contribution < 1.29 is 9.53 Å². The minimum absolute atomic E-state index is 0.812. The third-order valence-electron chi connectivity index (χ3n) is 1.58. The summed E-state index contributed by atoms with van der Waals surface area (Å²) < 4.78 is 5.24. The highest BCUT2D eigenvalue weighted by atomic mass is 16.5. The molecule has 0 radical (unpaired) electrons. The number of nitrogens with two attached hydrogens (primary N) is 1. The Hall–Kier alpha value is -1.19. The zero-order chi connectivity index (χ0) is 13.9. The molecule has 0 aliphatic carbocycles. The Bertz CT molecular complexity index is 203. The van der Waals surface area contributed by atoms with Gasteiger partial charge in [-0.3, -0.25) is 0 Å². The molecule has 3 nitrogen and oxygen atoms in total. The van der Waals surface area contributed by atoms with E-state index in [0.717, 1.165) is 19.6 Å². The van der Waals surface area contributed by atoms with E-state index in [4.69, 9.17) is 9.53 Å². The molecule has 0 amide bonds. The number of carbonyl (C=O) groups is 1. The molecule has 2 N–H and O–H groups in total. The fraction of sp³-hybridized carbons (Fsp3) is 0.500. The molecule has 17 heavy (non-hydrogen) atoms. The van der Waals surface area contributed by atoms with Crippen molar-refractivity contribution in [2.75, 3.05) is 20.3 Å². The number of rotatable bonds is 4. The molecule has 1 aromatic rings. The molecule has 0 spiro atoms. The van der Waals surface area contributed by atoms with Crippen molar-refractivity contribution in [2.45, 2.75) is 27.2 Å². The van der Waals surface area contributed by atoms with Gasteiger partial charge in [-0.25, -0.2) is 0 Å². The molecule has 0 bridgehead atoms. The van der Waals surface area contributed by atoms with Gasteiger partial charge in [0.25, 0.3) is 0 Å². The lowest BCUT2D eigenvalue weighted by molar-refractivity contribution is -0.0979. The van der Waals surface area contributed by atoms with Crippen molar-refractivity contribution >= 4 is 6.79 Å². The Labute approximate surface area is 106 Å². The standard InChI is InChI=1S/C10H14O.C2H6.CH5N.CH2O/c1-2-11-9-8-10-6-4-3-5-7-10;3*1-2/h3-7H,2,8-9H2,1H3;1-2H3;2H2,1H3;1H2. The Balaban J connectivity index is -0.000000285. The SMILES string of the molecule is C=O.CC.CCOCCc1ccccc1.CN. The van der Waals surface area contributed by atoms with Crippen LogP contribution in [-0.2, 0) is 16.0 Å². The first-order chi connectivity index (χ1) is 8.43. The van der Waals surface area contributed by atoms with E-state index in [9.17, 15) is 0 Å². The molecule has 0 unspecified atom stereocenters. The van der Waals surface area contributed by atoms with Gasteiger partial charge in [-0.05, 0) is 26.0 Å². The van der Waals surface area contributed by atoms with Gasteiger partial charge in [-0.15, -0.1) is 0 Å². The Morgan fingerprint density at radius 1 is 1.12 bits per heavy atom. The lowest BCUT2D eigenvalue weighted by atomic mass is 10.2. The zero-order valence-corrected chi connectivity index (χ0v) is 11.6. The highest BCUT2D eigenvalue weighted by Crippen LogP contribution is 1.98. The maximum Gasteiger partial charge on any atom is 0.106 e. The van der Waals surface area contributed by atoms with Crippen LogP contribution in [0.25, 0.3) is 0 Å². The summed E-state index contributed by atoms with van der Waals surface area (Å²) >= 11 is 0. The van der Waals surface area contributed by atoms with E-state index < -0.39 is 0 Å². The summed E-state index contributed by atoms with van der Waals surface area (Å²) in [7, 11) is 1.50. The van der Waals surface area contributed by atoms with E-state index in [1.165, 1.54) is 12.6 Å². The molecule has 0 aromatic heterocycles. The second kappa shape index (κ2) is 24.2. The highest BCUT2D eigenvalue weighted by molar-refractivity contribution is 5.14. The van der Waals surface area contributed by atoms with Crippen LogP contribution >= 0.6 is 0 Å². The third-order valence-corrected chi connectivity index (χ3v) is 1.58. The van der Waals surface area contributed by atoms with E-state index >= 15 is 0 Å². The molecular weight excluding hydrogens is 214 g/mol. The van der Waals surface area contributed by atoms with E-state index in [2.05, 4.69) is 30.0 Å². The van der Waals surface area contributed by atoms with Gasteiger partial charge < -0.3 is 15.3 Å². The normalized spacial score (nSPS) is 7.35. The first-order valence-electron chi connectivity index (χ1n) is 5.91. The molecular formula is C14H27NO2. The summed E-state index contributed by atoms with van der Waals surface area (Å²) in [5.41, 5.74) is 5.85. The Morgan fingerprint density at radius 3 is 2.00 bits per heavy atom. The van der Waals surface area contributed by atoms with Crippen LogP contribution in [0.5, 0.6) is 0 Å². The number of benzene rings is 1. The molecule has 0 heterocycles. The monoisotopic (exact) mass is 241 g/mol. The van der Waals surface area contributed by atoms with Crippen LogP contribution in [0.4, 0.5) is 0 Å². The van der Waals surface area contributed by atoms with Gasteiger partial charge in [-0.1, -0.05) is 44.2 Å². The van der Waals surface area contributed by atoms with Crippen LogP contribution in [0.15, 0.2) is 30.3 Å². The summed E-state index contributed by atoms with van der Waals surface area (Å²) in [5.74, 6) is 0. The fourth-order valence-corrected chi connectivity index (χ4v) is 0.979. The lowest BCUT2D eigenvalue weighted by Gasteiger charge is -2.00. The van der Waals surface area contributed by atoms with Crippen molar-refractivity contribution in [3.63, 3.8) is 0 Å². The van der Waals surface area contributed by atoms with Crippen LogP contribution in [0.1, 0.15) is 26.3 Å². The van der Waals surface area contributed by atoms with Crippen molar-refractivity contribution in [3.8, 4) is 0 Å².